The molecule has 3 aromatic heterocycles. The highest BCUT2D eigenvalue weighted by atomic mass is 32.2. The summed E-state index contributed by atoms with van der Waals surface area (Å²) in [7, 11) is -3.76. The Kier molecular flexibility index (Phi) is 2.71. The summed E-state index contributed by atoms with van der Waals surface area (Å²) in [6.45, 7) is 3.26. The van der Waals surface area contributed by atoms with E-state index in [2.05, 4.69) is 25.0 Å². The highest BCUT2D eigenvalue weighted by molar-refractivity contribution is 7.92. The summed E-state index contributed by atoms with van der Waals surface area (Å²) >= 11 is 0. The Morgan fingerprint density at radius 1 is 1.30 bits per heavy atom. The molecule has 3 rings (SSSR count). The van der Waals surface area contributed by atoms with Crippen LogP contribution in [0.4, 0.5) is 5.95 Å². The fourth-order valence-corrected chi connectivity index (χ4v) is 3.29. The Balaban J connectivity index is 2.01. The summed E-state index contributed by atoms with van der Waals surface area (Å²) in [5.41, 5.74) is 1.43. The molecule has 0 saturated heterocycles. The Morgan fingerprint density at radius 2 is 2.10 bits per heavy atom. The zero-order valence-electron chi connectivity index (χ0n) is 10.8. The third-order valence-electron chi connectivity index (χ3n) is 2.80. The van der Waals surface area contributed by atoms with Gasteiger partial charge < -0.3 is 0 Å². The van der Waals surface area contributed by atoms with Gasteiger partial charge >= 0.3 is 0 Å². The largest absolute Gasteiger partial charge is 0.281 e. The van der Waals surface area contributed by atoms with Crippen molar-refractivity contribution < 1.29 is 8.42 Å². The average molecular weight is 292 g/mol. The smallest absolute Gasteiger partial charge is 0.267 e. The number of pyridine rings is 1. The van der Waals surface area contributed by atoms with Crippen LogP contribution in [0.2, 0.25) is 0 Å². The van der Waals surface area contributed by atoms with Crippen LogP contribution in [0.3, 0.4) is 0 Å². The molecule has 0 bridgehead atoms. The Bertz CT molecular complexity index is 827. The van der Waals surface area contributed by atoms with Gasteiger partial charge in [0.05, 0.1) is 11.4 Å². The molecule has 0 amide bonds. The minimum atomic E-state index is -3.76. The van der Waals surface area contributed by atoms with E-state index in [1.165, 1.54) is 4.52 Å². The van der Waals surface area contributed by atoms with Crippen molar-refractivity contribution in [2.45, 2.75) is 18.7 Å². The van der Waals surface area contributed by atoms with Gasteiger partial charge in [0.1, 0.15) is 4.90 Å². The second kappa shape index (κ2) is 4.30. The Hall–Kier alpha value is -2.42. The van der Waals surface area contributed by atoms with Gasteiger partial charge in [0.2, 0.25) is 0 Å². The molecule has 9 heteroatoms. The maximum atomic E-state index is 12.3. The number of anilines is 1. The number of aromatic nitrogens is 5. The maximum Gasteiger partial charge on any atom is 0.267 e. The lowest BCUT2D eigenvalue weighted by Crippen LogP contribution is -2.15. The van der Waals surface area contributed by atoms with Crippen LogP contribution < -0.4 is 4.72 Å². The van der Waals surface area contributed by atoms with Gasteiger partial charge in [0.15, 0.2) is 5.65 Å². The zero-order chi connectivity index (χ0) is 14.3. The molecule has 0 radical (unpaired) electrons. The summed E-state index contributed by atoms with van der Waals surface area (Å²) in [5.74, 6) is 0.0243. The van der Waals surface area contributed by atoms with E-state index in [0.29, 0.717) is 17.0 Å². The van der Waals surface area contributed by atoms with Crippen molar-refractivity contribution in [1.82, 2.24) is 24.8 Å². The number of nitrogens with one attached hydrogen (secondary N) is 2. The molecular formula is C11H12N6O2S. The summed E-state index contributed by atoms with van der Waals surface area (Å²) in [5, 5.41) is 10.6. The molecule has 104 valence electrons. The van der Waals surface area contributed by atoms with Gasteiger partial charge in [-0.1, -0.05) is 6.07 Å². The normalized spacial score (nSPS) is 11.9. The van der Waals surface area contributed by atoms with E-state index >= 15 is 0 Å². The maximum absolute atomic E-state index is 12.3. The minimum Gasteiger partial charge on any atom is -0.281 e. The van der Waals surface area contributed by atoms with Crippen molar-refractivity contribution in [2.75, 3.05) is 4.72 Å². The third-order valence-corrected chi connectivity index (χ3v) is 4.39. The van der Waals surface area contributed by atoms with Crippen molar-refractivity contribution in [3.63, 3.8) is 0 Å². The second-order valence-corrected chi connectivity index (χ2v) is 5.93. The lowest BCUT2D eigenvalue weighted by molar-refractivity contribution is 0.599. The lowest BCUT2D eigenvalue weighted by Gasteiger charge is -2.03. The van der Waals surface area contributed by atoms with E-state index in [0.717, 1.165) is 0 Å². The van der Waals surface area contributed by atoms with Crippen LogP contribution in [-0.4, -0.2) is 33.2 Å². The van der Waals surface area contributed by atoms with E-state index < -0.39 is 10.0 Å². The van der Waals surface area contributed by atoms with E-state index in [9.17, 15) is 8.42 Å². The molecule has 0 spiro atoms. The standard InChI is InChI=1S/C11H12N6O2S/c1-7-10(8(2)14-13-7)20(18,19)16-11-12-9-5-3-4-6-17(9)15-11/h3-6H,1-2H3,(H,13,14)(H,15,16). The quantitative estimate of drug-likeness (QED) is 0.745. The number of hydrogen-bond donors (Lipinski definition) is 2. The summed E-state index contributed by atoms with van der Waals surface area (Å²) < 4.78 is 28.5. The molecule has 0 unspecified atom stereocenters. The number of hydrogen-bond acceptors (Lipinski definition) is 5. The first kappa shape index (κ1) is 12.6. The van der Waals surface area contributed by atoms with Crippen molar-refractivity contribution in [3.8, 4) is 0 Å². The highest BCUT2D eigenvalue weighted by Crippen LogP contribution is 2.19. The van der Waals surface area contributed by atoms with Gasteiger partial charge in [-0.25, -0.2) is 17.7 Å². The first-order chi connectivity index (χ1) is 9.47. The van der Waals surface area contributed by atoms with Crippen LogP contribution >= 0.6 is 0 Å². The fourth-order valence-electron chi connectivity index (χ4n) is 1.98. The van der Waals surface area contributed by atoms with Gasteiger partial charge in [0.25, 0.3) is 16.0 Å². The first-order valence-electron chi connectivity index (χ1n) is 5.83. The molecule has 0 aliphatic carbocycles. The predicted octanol–water partition coefficient (Wildman–Crippen LogP) is 0.870. The molecular weight excluding hydrogens is 280 g/mol. The molecule has 0 aliphatic heterocycles. The molecule has 0 aromatic carbocycles. The van der Waals surface area contributed by atoms with Crippen molar-refractivity contribution in [1.29, 1.82) is 0 Å². The fraction of sp³-hybridized carbons (Fsp3) is 0.182. The summed E-state index contributed by atoms with van der Waals surface area (Å²) in [6, 6.07) is 5.32. The number of nitrogens with zero attached hydrogens (tertiary/aromatic N) is 4. The van der Waals surface area contributed by atoms with Crippen LogP contribution in [0.1, 0.15) is 11.4 Å². The highest BCUT2D eigenvalue weighted by Gasteiger charge is 2.23. The molecule has 0 aliphatic rings. The number of aromatic amines is 1. The number of H-pyrrole nitrogens is 1. The third kappa shape index (κ3) is 2.01. The predicted molar refractivity (Wildman–Crippen MR) is 71.9 cm³/mol. The van der Waals surface area contributed by atoms with Crippen molar-refractivity contribution in [3.05, 3.63) is 35.8 Å². The number of aryl methyl sites for hydroxylation is 2. The SMILES string of the molecule is Cc1n[nH]c(C)c1S(=O)(=O)Nc1nc2ccccn2n1. The molecule has 3 aromatic rings. The van der Waals surface area contributed by atoms with Crippen molar-refractivity contribution >= 4 is 21.6 Å². The van der Waals surface area contributed by atoms with Crippen LogP contribution in [-0.2, 0) is 10.0 Å². The topological polar surface area (TPSA) is 105 Å². The first-order valence-corrected chi connectivity index (χ1v) is 7.31. The lowest BCUT2D eigenvalue weighted by atomic mass is 10.4. The van der Waals surface area contributed by atoms with Gasteiger partial charge in [-0.3, -0.25) is 5.10 Å². The molecule has 0 saturated carbocycles. The van der Waals surface area contributed by atoms with Gasteiger partial charge in [-0.05, 0) is 26.0 Å². The van der Waals surface area contributed by atoms with E-state index in [1.54, 1.807) is 38.2 Å². The zero-order valence-corrected chi connectivity index (χ0v) is 11.6. The van der Waals surface area contributed by atoms with Crippen LogP contribution in [0.5, 0.6) is 0 Å². The van der Waals surface area contributed by atoms with Crippen molar-refractivity contribution in [2.24, 2.45) is 0 Å². The monoisotopic (exact) mass is 292 g/mol. The number of sulfonamides is 1. The number of rotatable bonds is 3. The van der Waals surface area contributed by atoms with E-state index in [4.69, 9.17) is 0 Å². The Morgan fingerprint density at radius 3 is 2.75 bits per heavy atom. The van der Waals surface area contributed by atoms with E-state index in [1.807, 2.05) is 0 Å². The molecule has 0 atom stereocenters. The molecule has 8 nitrogen and oxygen atoms in total. The Labute approximate surface area is 114 Å². The van der Waals surface area contributed by atoms with Gasteiger partial charge in [-0.2, -0.15) is 10.1 Å². The van der Waals surface area contributed by atoms with Crippen LogP contribution in [0, 0.1) is 13.8 Å². The van der Waals surface area contributed by atoms with Gasteiger partial charge in [0, 0.05) is 6.20 Å². The average Bonchev–Trinajstić information content (AvgIpc) is 2.91. The second-order valence-electron chi connectivity index (χ2n) is 4.31. The van der Waals surface area contributed by atoms with E-state index in [-0.39, 0.29) is 10.8 Å². The van der Waals surface area contributed by atoms with Gasteiger partial charge in [-0.15, -0.1) is 5.10 Å². The molecule has 3 heterocycles. The van der Waals surface area contributed by atoms with Crippen LogP contribution in [0.15, 0.2) is 29.3 Å². The molecule has 0 fully saturated rings. The summed E-state index contributed by atoms with van der Waals surface area (Å²) in [6.07, 6.45) is 1.69. The van der Waals surface area contributed by atoms with Crippen LogP contribution in [0.25, 0.3) is 5.65 Å². The molecule has 2 N–H and O–H groups in total. The minimum absolute atomic E-state index is 0.0243. The molecule has 20 heavy (non-hydrogen) atoms. The number of fused-ring (bicyclic) bond motifs is 1. The summed E-state index contributed by atoms with van der Waals surface area (Å²) in [4.78, 5) is 4.22.